The molecule has 0 saturated carbocycles. The van der Waals surface area contributed by atoms with E-state index in [1.165, 1.54) is 11.1 Å². The number of sulfonamides is 1. The monoisotopic (exact) mass is 485 g/mol. The summed E-state index contributed by atoms with van der Waals surface area (Å²) in [6.45, 7) is 1.98. The highest BCUT2D eigenvalue weighted by molar-refractivity contribution is 7.90. The van der Waals surface area contributed by atoms with Gasteiger partial charge in [0.1, 0.15) is 0 Å². The molecule has 1 aromatic carbocycles. The van der Waals surface area contributed by atoms with E-state index < -0.39 is 15.5 Å². The molecule has 2 aliphatic rings. The Labute approximate surface area is 190 Å². The third-order valence-corrected chi connectivity index (χ3v) is 7.98. The molecule has 1 aromatic heterocycles. The summed E-state index contributed by atoms with van der Waals surface area (Å²) in [5.41, 5.74) is -2.14. The van der Waals surface area contributed by atoms with Crippen molar-refractivity contribution in [2.45, 2.75) is 38.0 Å². The Hall–Kier alpha value is -2.37. The van der Waals surface area contributed by atoms with Gasteiger partial charge in [-0.05, 0) is 42.0 Å². The number of hydrogen-bond donors (Lipinski definition) is 0. The molecule has 0 spiro atoms. The number of aromatic nitrogens is 1. The van der Waals surface area contributed by atoms with Crippen molar-refractivity contribution < 1.29 is 26.3 Å². The second kappa shape index (κ2) is 9.11. The lowest BCUT2D eigenvalue weighted by Crippen LogP contribution is -2.45. The maximum atomic E-state index is 12.8. The maximum absolute atomic E-state index is 12.8. The fourth-order valence-corrected chi connectivity index (χ4v) is 5.32. The Bertz CT molecular complexity index is 1150. The Morgan fingerprint density at radius 1 is 1.03 bits per heavy atom. The molecular formula is C22H26F3N3O4S. The van der Waals surface area contributed by atoms with Gasteiger partial charge in [-0.25, -0.2) is 8.42 Å². The number of nitrogens with zero attached hydrogens (tertiary/aromatic N) is 3. The van der Waals surface area contributed by atoms with Crippen molar-refractivity contribution in [2.75, 3.05) is 19.7 Å². The minimum Gasteiger partial charge on any atom is -0.488 e. The van der Waals surface area contributed by atoms with E-state index in [4.69, 9.17) is 4.74 Å². The summed E-state index contributed by atoms with van der Waals surface area (Å²) >= 11 is 0. The summed E-state index contributed by atoms with van der Waals surface area (Å²) in [5, 5.41) is 0. The van der Waals surface area contributed by atoms with Crippen molar-refractivity contribution in [1.29, 1.82) is 0 Å². The maximum Gasteiger partial charge on any atom is 0.511 e. The van der Waals surface area contributed by atoms with Gasteiger partial charge in [-0.1, -0.05) is 24.3 Å². The summed E-state index contributed by atoms with van der Waals surface area (Å²) in [7, 11) is -3.61. The highest BCUT2D eigenvalue weighted by Gasteiger charge is 2.50. The molecule has 180 valence electrons. The van der Waals surface area contributed by atoms with E-state index in [-0.39, 0.29) is 49.8 Å². The molecule has 2 aromatic rings. The molecule has 1 saturated heterocycles. The van der Waals surface area contributed by atoms with Crippen molar-refractivity contribution in [3.05, 3.63) is 63.6 Å². The van der Waals surface area contributed by atoms with Crippen LogP contribution in [0.3, 0.4) is 0 Å². The molecule has 11 heteroatoms. The number of hydrogen-bond acceptors (Lipinski definition) is 5. The normalized spacial score (nSPS) is 18.4. The SMILES string of the molecule is Cn1c(CN2Cc3ccccc3C2)ccc(OCC2CCN(S(=O)(=O)C(F)(F)F)CC2)c1=O. The molecule has 0 radical (unpaired) electrons. The minimum absolute atomic E-state index is 0.128. The molecule has 0 aliphatic carbocycles. The minimum atomic E-state index is -5.30. The third kappa shape index (κ3) is 4.95. The van der Waals surface area contributed by atoms with E-state index in [0.717, 1.165) is 18.8 Å². The van der Waals surface area contributed by atoms with Crippen LogP contribution in [0.1, 0.15) is 29.7 Å². The van der Waals surface area contributed by atoms with Gasteiger partial charge in [-0.15, -0.1) is 0 Å². The lowest BCUT2D eigenvalue weighted by Gasteiger charge is -2.31. The Morgan fingerprint density at radius 2 is 1.64 bits per heavy atom. The largest absolute Gasteiger partial charge is 0.511 e. The van der Waals surface area contributed by atoms with Gasteiger partial charge in [0.25, 0.3) is 5.56 Å². The second-order valence-electron chi connectivity index (χ2n) is 8.57. The number of halogens is 3. The molecule has 33 heavy (non-hydrogen) atoms. The number of rotatable bonds is 6. The summed E-state index contributed by atoms with van der Waals surface area (Å²) in [6, 6.07) is 11.7. The molecule has 1 fully saturated rings. The summed E-state index contributed by atoms with van der Waals surface area (Å²) in [4.78, 5) is 15.0. The van der Waals surface area contributed by atoms with Gasteiger partial charge in [-0.2, -0.15) is 17.5 Å². The first-order chi connectivity index (χ1) is 15.6. The van der Waals surface area contributed by atoms with Gasteiger partial charge in [-0.3, -0.25) is 9.69 Å². The van der Waals surface area contributed by atoms with Crippen LogP contribution in [0.4, 0.5) is 13.2 Å². The smallest absolute Gasteiger partial charge is 0.488 e. The van der Waals surface area contributed by atoms with Crippen LogP contribution in [-0.4, -0.2) is 47.4 Å². The molecule has 2 aliphatic heterocycles. The van der Waals surface area contributed by atoms with E-state index >= 15 is 0 Å². The van der Waals surface area contributed by atoms with Crippen LogP contribution < -0.4 is 10.3 Å². The van der Waals surface area contributed by atoms with Crippen LogP contribution in [0.25, 0.3) is 0 Å². The first-order valence-corrected chi connectivity index (χ1v) is 12.2. The molecule has 4 rings (SSSR count). The first-order valence-electron chi connectivity index (χ1n) is 10.7. The zero-order chi connectivity index (χ0) is 23.8. The predicted molar refractivity (Wildman–Crippen MR) is 116 cm³/mol. The van der Waals surface area contributed by atoms with Gasteiger partial charge in [0, 0.05) is 45.5 Å². The second-order valence-corrected chi connectivity index (χ2v) is 10.5. The van der Waals surface area contributed by atoms with Crippen LogP contribution in [0, 0.1) is 5.92 Å². The topological polar surface area (TPSA) is 71.8 Å². The van der Waals surface area contributed by atoms with E-state index in [1.54, 1.807) is 17.7 Å². The quantitative estimate of drug-likeness (QED) is 0.629. The number of fused-ring (bicyclic) bond motifs is 1. The Kier molecular flexibility index (Phi) is 6.56. The van der Waals surface area contributed by atoms with Crippen molar-refractivity contribution in [1.82, 2.24) is 13.8 Å². The summed E-state index contributed by atoms with van der Waals surface area (Å²) < 4.78 is 68.8. The van der Waals surface area contributed by atoms with Crippen LogP contribution >= 0.6 is 0 Å². The number of piperidine rings is 1. The molecule has 0 amide bonds. The van der Waals surface area contributed by atoms with Crippen molar-refractivity contribution >= 4 is 10.0 Å². The molecule has 0 N–H and O–H groups in total. The standard InChI is InChI=1S/C22H26F3N3O4S/c1-26-19(14-27-12-17-4-2-3-5-18(17)13-27)6-7-20(21(26)29)32-15-16-8-10-28(11-9-16)33(30,31)22(23,24)25/h2-7,16H,8-15H2,1H3. The fourth-order valence-electron chi connectivity index (χ4n) is 4.33. The van der Waals surface area contributed by atoms with Crippen LogP contribution in [0.15, 0.2) is 41.2 Å². The van der Waals surface area contributed by atoms with Crippen LogP contribution in [-0.2, 0) is 36.7 Å². The van der Waals surface area contributed by atoms with E-state index in [9.17, 15) is 26.4 Å². The molecule has 3 heterocycles. The highest BCUT2D eigenvalue weighted by atomic mass is 32.2. The highest BCUT2D eigenvalue weighted by Crippen LogP contribution is 2.30. The summed E-state index contributed by atoms with van der Waals surface area (Å²) in [6.07, 6.45) is 0.479. The number of alkyl halides is 3. The molecule has 7 nitrogen and oxygen atoms in total. The number of ether oxygens (including phenoxy) is 1. The molecular weight excluding hydrogens is 459 g/mol. The average molecular weight is 486 g/mol. The number of pyridine rings is 1. The first kappa shape index (κ1) is 23.8. The predicted octanol–water partition coefficient (Wildman–Crippen LogP) is 2.84. The van der Waals surface area contributed by atoms with Crippen LogP contribution in [0.2, 0.25) is 0 Å². The van der Waals surface area contributed by atoms with Crippen molar-refractivity contribution in [3.63, 3.8) is 0 Å². The average Bonchev–Trinajstić information content (AvgIpc) is 3.18. The van der Waals surface area contributed by atoms with Crippen LogP contribution in [0.5, 0.6) is 5.75 Å². The fraction of sp³-hybridized carbons (Fsp3) is 0.500. The molecule has 0 unspecified atom stereocenters. The molecule has 0 bridgehead atoms. The summed E-state index contributed by atoms with van der Waals surface area (Å²) in [5.74, 6) is 0.0495. The van der Waals surface area contributed by atoms with Gasteiger partial charge in [0.15, 0.2) is 5.75 Å². The number of benzene rings is 1. The van der Waals surface area contributed by atoms with Crippen molar-refractivity contribution in [3.8, 4) is 5.75 Å². The zero-order valence-electron chi connectivity index (χ0n) is 18.2. The lowest BCUT2D eigenvalue weighted by atomic mass is 9.99. The van der Waals surface area contributed by atoms with E-state index in [2.05, 4.69) is 17.0 Å². The van der Waals surface area contributed by atoms with E-state index in [1.807, 2.05) is 18.2 Å². The Balaban J connectivity index is 1.32. The Morgan fingerprint density at radius 3 is 2.21 bits per heavy atom. The van der Waals surface area contributed by atoms with Gasteiger partial charge in [0.2, 0.25) is 0 Å². The zero-order valence-corrected chi connectivity index (χ0v) is 19.0. The van der Waals surface area contributed by atoms with Gasteiger partial charge in [0.05, 0.1) is 6.61 Å². The van der Waals surface area contributed by atoms with Crippen molar-refractivity contribution in [2.24, 2.45) is 13.0 Å². The van der Waals surface area contributed by atoms with Gasteiger partial charge < -0.3 is 9.30 Å². The molecule has 0 atom stereocenters. The lowest BCUT2D eigenvalue weighted by molar-refractivity contribution is -0.0498. The van der Waals surface area contributed by atoms with Gasteiger partial charge >= 0.3 is 15.5 Å². The van der Waals surface area contributed by atoms with E-state index in [0.29, 0.717) is 10.8 Å². The third-order valence-electron chi connectivity index (χ3n) is 6.35.